The molecule has 1 rings (SSSR count). The van der Waals surface area contributed by atoms with Crippen LogP contribution in [-0.4, -0.2) is 83.4 Å². The molecule has 0 aromatic carbocycles. The number of carbonyl (C=O) groups excluding carboxylic acids is 5. The maximum atomic E-state index is 12.9. The Morgan fingerprint density at radius 1 is 0.972 bits per heavy atom. The van der Waals surface area contributed by atoms with Crippen LogP contribution in [0.15, 0.2) is 0 Å². The van der Waals surface area contributed by atoms with Crippen molar-refractivity contribution in [3.05, 3.63) is 0 Å². The highest BCUT2D eigenvalue weighted by Gasteiger charge is 2.46. The Labute approximate surface area is 209 Å². The van der Waals surface area contributed by atoms with Gasteiger partial charge in [-0.1, -0.05) is 13.8 Å². The van der Waals surface area contributed by atoms with Gasteiger partial charge in [0, 0.05) is 6.54 Å². The van der Waals surface area contributed by atoms with Crippen molar-refractivity contribution in [1.29, 1.82) is 0 Å². The number of ketones is 1. The smallest absolute Gasteiger partial charge is 0.452 e. The monoisotopic (exact) mass is 522 g/mol. The SMILES string of the molecule is CC(C)[C@H](NC(=O)[C@@H]1CCCN1C(=O)[C@H](C)NC(=O)[C@H](C)NCC(=O)OC(C)(C)C)C(=O)C(F)(F)F. The summed E-state index contributed by atoms with van der Waals surface area (Å²) in [5.74, 6) is -5.46. The Morgan fingerprint density at radius 2 is 1.56 bits per heavy atom. The van der Waals surface area contributed by atoms with Gasteiger partial charge in [-0.3, -0.25) is 29.3 Å². The third-order valence-corrected chi connectivity index (χ3v) is 5.46. The van der Waals surface area contributed by atoms with Gasteiger partial charge in [-0.15, -0.1) is 0 Å². The van der Waals surface area contributed by atoms with Gasteiger partial charge in [-0.25, -0.2) is 0 Å². The van der Waals surface area contributed by atoms with Gasteiger partial charge in [0.2, 0.25) is 17.7 Å². The fourth-order valence-electron chi connectivity index (χ4n) is 3.62. The standard InChI is InChI=1S/C23H37F3N4O6/c1-12(2)17(18(32)23(24,25)26)29-20(34)15-9-8-10-30(15)21(35)14(4)28-19(33)13(3)27-11-16(31)36-22(5,6)7/h12-15,17,27H,8-11H2,1-7H3,(H,28,33)(H,29,34)/t13-,14-,15-,17-/m0/s1. The van der Waals surface area contributed by atoms with Crippen molar-refractivity contribution in [3.63, 3.8) is 0 Å². The van der Waals surface area contributed by atoms with Crippen molar-refractivity contribution in [2.75, 3.05) is 13.1 Å². The number of hydrogen-bond donors (Lipinski definition) is 3. The summed E-state index contributed by atoms with van der Waals surface area (Å²) in [4.78, 5) is 62.9. The molecule has 0 bridgehead atoms. The summed E-state index contributed by atoms with van der Waals surface area (Å²) in [7, 11) is 0. The van der Waals surface area contributed by atoms with Crippen LogP contribution in [0.3, 0.4) is 0 Å². The molecule has 1 aliphatic rings. The first-order valence-electron chi connectivity index (χ1n) is 11.8. The molecule has 0 aliphatic carbocycles. The molecule has 0 aromatic heterocycles. The molecule has 36 heavy (non-hydrogen) atoms. The van der Waals surface area contributed by atoms with E-state index in [9.17, 15) is 37.1 Å². The zero-order chi connectivity index (χ0) is 28.0. The molecule has 0 saturated carbocycles. The van der Waals surface area contributed by atoms with Gasteiger partial charge in [0.05, 0.1) is 18.6 Å². The van der Waals surface area contributed by atoms with E-state index in [1.54, 1.807) is 20.8 Å². The number of carbonyl (C=O) groups is 5. The van der Waals surface area contributed by atoms with E-state index < -0.39 is 71.3 Å². The Balaban J connectivity index is 2.74. The number of likely N-dealkylation sites (tertiary alicyclic amines) is 1. The number of nitrogens with one attached hydrogen (secondary N) is 3. The van der Waals surface area contributed by atoms with E-state index in [0.29, 0.717) is 6.42 Å². The van der Waals surface area contributed by atoms with Crippen LogP contribution < -0.4 is 16.0 Å². The highest BCUT2D eigenvalue weighted by Crippen LogP contribution is 2.23. The van der Waals surface area contributed by atoms with E-state index in [0.717, 1.165) is 0 Å². The summed E-state index contributed by atoms with van der Waals surface area (Å²) in [6.45, 7) is 10.7. The summed E-state index contributed by atoms with van der Waals surface area (Å²) < 4.78 is 43.9. The molecule has 4 atom stereocenters. The third-order valence-electron chi connectivity index (χ3n) is 5.46. The molecular formula is C23H37F3N4O6. The number of halogens is 3. The molecular weight excluding hydrogens is 485 g/mol. The average Bonchev–Trinajstić information content (AvgIpc) is 3.22. The third kappa shape index (κ3) is 9.40. The van der Waals surface area contributed by atoms with Gasteiger partial charge in [0.15, 0.2) is 0 Å². The lowest BCUT2D eigenvalue weighted by atomic mass is 9.98. The first-order chi connectivity index (χ1) is 16.3. The minimum Gasteiger partial charge on any atom is -0.459 e. The quantitative estimate of drug-likeness (QED) is 0.366. The van der Waals surface area contributed by atoms with Gasteiger partial charge >= 0.3 is 12.1 Å². The number of esters is 1. The molecule has 0 radical (unpaired) electrons. The van der Waals surface area contributed by atoms with Crippen LogP contribution in [0, 0.1) is 5.92 Å². The van der Waals surface area contributed by atoms with E-state index in [1.165, 1.54) is 32.6 Å². The van der Waals surface area contributed by atoms with Crippen LogP contribution in [-0.2, 0) is 28.7 Å². The first kappa shape index (κ1) is 31.3. The van der Waals surface area contributed by atoms with Gasteiger partial charge in [0.1, 0.15) is 17.7 Å². The van der Waals surface area contributed by atoms with Gasteiger partial charge in [0.25, 0.3) is 5.78 Å². The van der Waals surface area contributed by atoms with Gasteiger partial charge < -0.3 is 20.3 Å². The van der Waals surface area contributed by atoms with Crippen LogP contribution in [0.4, 0.5) is 13.2 Å². The summed E-state index contributed by atoms with van der Waals surface area (Å²) in [6, 6.07) is -4.73. The second-order valence-corrected chi connectivity index (χ2v) is 10.2. The van der Waals surface area contributed by atoms with Crippen molar-refractivity contribution in [1.82, 2.24) is 20.9 Å². The Bertz CT molecular complexity index is 841. The van der Waals surface area contributed by atoms with E-state index >= 15 is 0 Å². The molecule has 0 spiro atoms. The predicted octanol–water partition coefficient (Wildman–Crippen LogP) is 1.07. The summed E-state index contributed by atoms with van der Waals surface area (Å²) in [6.07, 6.45) is -4.48. The molecule has 10 nitrogen and oxygen atoms in total. The Morgan fingerprint density at radius 3 is 2.06 bits per heavy atom. The van der Waals surface area contributed by atoms with Crippen LogP contribution in [0.1, 0.15) is 61.3 Å². The van der Waals surface area contributed by atoms with E-state index in [4.69, 9.17) is 4.74 Å². The van der Waals surface area contributed by atoms with Crippen LogP contribution >= 0.6 is 0 Å². The molecule has 1 fully saturated rings. The molecule has 1 aliphatic heterocycles. The average molecular weight is 523 g/mol. The number of alkyl halides is 3. The highest BCUT2D eigenvalue weighted by molar-refractivity contribution is 5.96. The lowest BCUT2D eigenvalue weighted by molar-refractivity contribution is -0.175. The van der Waals surface area contributed by atoms with E-state index in [1.807, 2.05) is 0 Å². The van der Waals surface area contributed by atoms with Crippen molar-refractivity contribution >= 4 is 29.5 Å². The normalized spacial score (nSPS) is 18.9. The lowest BCUT2D eigenvalue weighted by Gasteiger charge is -2.30. The molecule has 0 aromatic rings. The number of Topliss-reactive ketones (excluding diaryl/α,β-unsaturated/α-hetero) is 1. The van der Waals surface area contributed by atoms with Gasteiger partial charge in [-0.05, 0) is 53.4 Å². The van der Waals surface area contributed by atoms with E-state index in [2.05, 4.69) is 16.0 Å². The topological polar surface area (TPSA) is 134 Å². The lowest BCUT2D eigenvalue weighted by Crippen LogP contribution is -2.57. The second-order valence-electron chi connectivity index (χ2n) is 10.2. The molecule has 3 N–H and O–H groups in total. The maximum absolute atomic E-state index is 12.9. The number of hydrogen-bond acceptors (Lipinski definition) is 7. The summed E-state index contributed by atoms with van der Waals surface area (Å²) >= 11 is 0. The first-order valence-corrected chi connectivity index (χ1v) is 11.8. The van der Waals surface area contributed by atoms with E-state index in [-0.39, 0.29) is 19.5 Å². The van der Waals surface area contributed by atoms with Crippen molar-refractivity contribution in [2.45, 2.75) is 97.3 Å². The van der Waals surface area contributed by atoms with Crippen molar-refractivity contribution in [3.8, 4) is 0 Å². The van der Waals surface area contributed by atoms with Crippen LogP contribution in [0.5, 0.6) is 0 Å². The predicted molar refractivity (Wildman–Crippen MR) is 123 cm³/mol. The minimum absolute atomic E-state index is 0.170. The largest absolute Gasteiger partial charge is 0.459 e. The molecule has 1 heterocycles. The fraction of sp³-hybridized carbons (Fsp3) is 0.783. The molecule has 13 heteroatoms. The van der Waals surface area contributed by atoms with Crippen LogP contribution in [0.2, 0.25) is 0 Å². The minimum atomic E-state index is -5.11. The molecule has 1 saturated heterocycles. The fourth-order valence-corrected chi connectivity index (χ4v) is 3.62. The number of nitrogens with zero attached hydrogens (tertiary/aromatic N) is 1. The summed E-state index contributed by atoms with van der Waals surface area (Å²) in [5.41, 5.74) is -0.682. The number of amides is 3. The Kier molecular flexibility index (Phi) is 10.9. The summed E-state index contributed by atoms with van der Waals surface area (Å²) in [5, 5.41) is 7.35. The number of ether oxygens (including phenoxy) is 1. The molecule has 3 amide bonds. The van der Waals surface area contributed by atoms with Crippen LogP contribution in [0.25, 0.3) is 0 Å². The maximum Gasteiger partial charge on any atom is 0.452 e. The number of rotatable bonds is 10. The zero-order valence-corrected chi connectivity index (χ0v) is 21.7. The second kappa shape index (κ2) is 12.5. The highest BCUT2D eigenvalue weighted by atomic mass is 19.4. The molecule has 206 valence electrons. The van der Waals surface area contributed by atoms with Crippen molar-refractivity contribution in [2.24, 2.45) is 5.92 Å². The Hall–Kier alpha value is -2.70. The van der Waals surface area contributed by atoms with Crippen molar-refractivity contribution < 1.29 is 41.9 Å². The molecule has 0 unspecified atom stereocenters. The zero-order valence-electron chi connectivity index (χ0n) is 21.7. The van der Waals surface area contributed by atoms with Gasteiger partial charge in [-0.2, -0.15) is 13.2 Å².